The van der Waals surface area contributed by atoms with Crippen LogP contribution in [0.3, 0.4) is 0 Å². The van der Waals surface area contributed by atoms with E-state index in [1.54, 1.807) is 0 Å². The van der Waals surface area contributed by atoms with Crippen LogP contribution in [0.4, 0.5) is 8.78 Å². The fraction of sp³-hybridized carbons (Fsp3) is 0.0833. The molecule has 0 fully saturated rings. The summed E-state index contributed by atoms with van der Waals surface area (Å²) in [5, 5.41) is 0. The third kappa shape index (κ3) is 2.87. The van der Waals surface area contributed by atoms with E-state index in [1.165, 1.54) is 12.1 Å². The summed E-state index contributed by atoms with van der Waals surface area (Å²) in [6.45, 7) is 0. The van der Waals surface area contributed by atoms with Crippen LogP contribution in [0.2, 0.25) is 0 Å². The molecule has 0 saturated carbocycles. The number of hydrogen-bond acceptors (Lipinski definition) is 4. The summed E-state index contributed by atoms with van der Waals surface area (Å²) in [5.41, 5.74) is 0. The van der Waals surface area contributed by atoms with Crippen LogP contribution in [-0.4, -0.2) is 14.7 Å². The first-order chi connectivity index (χ1) is 8.92. The molecule has 0 N–H and O–H groups in total. The Kier molecular flexibility index (Phi) is 3.48. The first kappa shape index (κ1) is 13.4. The summed E-state index contributed by atoms with van der Waals surface area (Å²) < 4.78 is 55.1. The van der Waals surface area contributed by atoms with Gasteiger partial charge in [-0.25, -0.2) is 17.2 Å². The number of sulfone groups is 1. The van der Waals surface area contributed by atoms with Crippen LogP contribution in [0.5, 0.6) is 0 Å². The van der Waals surface area contributed by atoms with Gasteiger partial charge in [0, 0.05) is 0 Å². The zero-order valence-electron chi connectivity index (χ0n) is 9.47. The molecule has 1 aromatic carbocycles. The minimum atomic E-state index is -4.09. The third-order valence-electron chi connectivity index (χ3n) is 2.36. The second-order valence-electron chi connectivity index (χ2n) is 3.76. The lowest BCUT2D eigenvalue weighted by Crippen LogP contribution is -2.07. The van der Waals surface area contributed by atoms with Gasteiger partial charge in [-0.3, -0.25) is 4.79 Å². The van der Waals surface area contributed by atoms with Gasteiger partial charge in [-0.05, 0) is 30.3 Å². The molecule has 7 heteroatoms. The Bertz CT molecular complexity index is 719. The minimum absolute atomic E-state index is 0.0224. The monoisotopic (exact) mass is 286 g/mol. The Morgan fingerprint density at radius 3 is 2.53 bits per heavy atom. The first-order valence-corrected chi connectivity index (χ1v) is 6.79. The molecule has 4 nitrogen and oxygen atoms in total. The Hall–Kier alpha value is -2.02. The van der Waals surface area contributed by atoms with Gasteiger partial charge < -0.3 is 4.42 Å². The lowest BCUT2D eigenvalue weighted by molar-refractivity contribution is 0.109. The lowest BCUT2D eigenvalue weighted by atomic mass is 10.3. The number of hydrogen-bond donors (Lipinski definition) is 0. The summed E-state index contributed by atoms with van der Waals surface area (Å²) in [4.78, 5) is 9.66. The molecule has 0 radical (unpaired) electrons. The van der Waals surface area contributed by atoms with Crippen molar-refractivity contribution in [2.24, 2.45) is 0 Å². The zero-order valence-corrected chi connectivity index (χ0v) is 10.3. The summed E-state index contributed by atoms with van der Waals surface area (Å²) in [6, 6.07) is 4.75. The maximum Gasteiger partial charge on any atom is 0.188 e. The molecule has 2 aromatic rings. The number of rotatable bonds is 4. The van der Waals surface area contributed by atoms with Crippen molar-refractivity contribution in [2.75, 3.05) is 0 Å². The Morgan fingerprint density at radius 1 is 1.16 bits per heavy atom. The van der Waals surface area contributed by atoms with Gasteiger partial charge in [-0.2, -0.15) is 0 Å². The molecular formula is C12H8F2O4S. The fourth-order valence-electron chi connectivity index (χ4n) is 1.52. The molecule has 2 rings (SSSR count). The second kappa shape index (κ2) is 4.93. The quantitative estimate of drug-likeness (QED) is 0.809. The Labute approximate surface area is 107 Å². The molecule has 100 valence electrons. The highest BCUT2D eigenvalue weighted by Gasteiger charge is 2.22. The van der Waals surface area contributed by atoms with Crippen molar-refractivity contribution in [2.45, 2.75) is 10.6 Å². The van der Waals surface area contributed by atoms with Crippen LogP contribution >= 0.6 is 0 Å². The van der Waals surface area contributed by atoms with Crippen LogP contribution in [0, 0.1) is 11.6 Å². The van der Waals surface area contributed by atoms with Crippen LogP contribution in [0.25, 0.3) is 0 Å². The number of halogens is 2. The van der Waals surface area contributed by atoms with Crippen LogP contribution < -0.4 is 0 Å². The largest absolute Gasteiger partial charge is 0.457 e. The average Bonchev–Trinajstić information content (AvgIpc) is 2.79. The van der Waals surface area contributed by atoms with Crippen molar-refractivity contribution < 1.29 is 26.4 Å². The summed E-state index contributed by atoms with van der Waals surface area (Å²) >= 11 is 0. The Balaban J connectivity index is 2.37. The van der Waals surface area contributed by atoms with E-state index < -0.39 is 32.1 Å². The van der Waals surface area contributed by atoms with Gasteiger partial charge in [0.05, 0.1) is 0 Å². The van der Waals surface area contributed by atoms with Gasteiger partial charge >= 0.3 is 0 Å². The maximum atomic E-state index is 13.4. The van der Waals surface area contributed by atoms with Crippen molar-refractivity contribution >= 4 is 16.1 Å². The smallest absolute Gasteiger partial charge is 0.188 e. The predicted molar refractivity (Wildman–Crippen MR) is 61.3 cm³/mol. The van der Waals surface area contributed by atoms with E-state index in [4.69, 9.17) is 4.42 Å². The van der Waals surface area contributed by atoms with E-state index in [9.17, 15) is 22.0 Å². The van der Waals surface area contributed by atoms with E-state index in [-0.39, 0.29) is 11.5 Å². The molecule has 0 saturated heterocycles. The SMILES string of the molecule is O=Cc1ccc(CS(=O)(=O)c2cc(F)ccc2F)o1. The highest BCUT2D eigenvalue weighted by molar-refractivity contribution is 7.90. The molecule has 1 aromatic heterocycles. The van der Waals surface area contributed by atoms with Gasteiger partial charge in [0.2, 0.25) is 0 Å². The highest BCUT2D eigenvalue weighted by Crippen LogP contribution is 2.21. The number of carbonyl (C=O) groups excluding carboxylic acids is 1. The first-order valence-electron chi connectivity index (χ1n) is 5.14. The van der Waals surface area contributed by atoms with Gasteiger partial charge in [0.1, 0.15) is 28.0 Å². The number of aldehydes is 1. The van der Waals surface area contributed by atoms with Gasteiger partial charge in [0.25, 0.3) is 0 Å². The Morgan fingerprint density at radius 2 is 1.89 bits per heavy atom. The lowest BCUT2D eigenvalue weighted by Gasteiger charge is -2.04. The number of furan rings is 1. The molecule has 0 aliphatic heterocycles. The van der Waals surface area contributed by atoms with Crippen molar-refractivity contribution in [1.82, 2.24) is 0 Å². The highest BCUT2D eigenvalue weighted by atomic mass is 32.2. The van der Waals surface area contributed by atoms with Crippen LogP contribution in [0.1, 0.15) is 16.3 Å². The van der Waals surface area contributed by atoms with Crippen molar-refractivity contribution in [3.05, 3.63) is 53.5 Å². The molecule has 0 bridgehead atoms. The van der Waals surface area contributed by atoms with E-state index >= 15 is 0 Å². The van der Waals surface area contributed by atoms with E-state index in [0.29, 0.717) is 12.4 Å². The average molecular weight is 286 g/mol. The number of benzene rings is 1. The van der Waals surface area contributed by atoms with E-state index in [1.807, 2.05) is 0 Å². The van der Waals surface area contributed by atoms with Crippen LogP contribution in [-0.2, 0) is 15.6 Å². The molecule has 1 heterocycles. The minimum Gasteiger partial charge on any atom is -0.457 e. The van der Waals surface area contributed by atoms with E-state index in [2.05, 4.69) is 0 Å². The zero-order chi connectivity index (χ0) is 14.0. The van der Waals surface area contributed by atoms with Crippen LogP contribution in [0.15, 0.2) is 39.6 Å². The number of carbonyl (C=O) groups is 1. The van der Waals surface area contributed by atoms with Crippen molar-refractivity contribution in [1.29, 1.82) is 0 Å². The normalized spacial score (nSPS) is 11.5. The van der Waals surface area contributed by atoms with Crippen molar-refractivity contribution in [3.63, 3.8) is 0 Å². The predicted octanol–water partition coefficient (Wildman–Crippen LogP) is 2.34. The molecule has 0 amide bonds. The molecule has 0 atom stereocenters. The summed E-state index contributed by atoms with van der Waals surface area (Å²) in [5.74, 6) is -2.60. The maximum absolute atomic E-state index is 13.4. The molecule has 19 heavy (non-hydrogen) atoms. The fourth-order valence-corrected chi connectivity index (χ4v) is 2.86. The molecule has 0 unspecified atom stereocenters. The van der Waals surface area contributed by atoms with Gasteiger partial charge in [-0.1, -0.05) is 0 Å². The second-order valence-corrected chi connectivity index (χ2v) is 5.71. The molecular weight excluding hydrogens is 278 g/mol. The molecule has 0 spiro atoms. The third-order valence-corrected chi connectivity index (χ3v) is 4.01. The topological polar surface area (TPSA) is 64.3 Å². The van der Waals surface area contributed by atoms with Gasteiger partial charge in [0.15, 0.2) is 21.9 Å². The molecule has 0 aliphatic rings. The molecule has 0 aliphatic carbocycles. The van der Waals surface area contributed by atoms with Gasteiger partial charge in [-0.15, -0.1) is 0 Å². The summed E-state index contributed by atoms with van der Waals surface area (Å²) in [7, 11) is -4.09. The summed E-state index contributed by atoms with van der Waals surface area (Å²) in [6.07, 6.45) is 0.416. The van der Waals surface area contributed by atoms with E-state index in [0.717, 1.165) is 12.1 Å². The van der Waals surface area contributed by atoms with Crippen molar-refractivity contribution in [3.8, 4) is 0 Å². The standard InChI is InChI=1S/C12H8F2O4S/c13-8-1-4-11(14)12(5-8)19(16,17)7-10-3-2-9(6-15)18-10/h1-6H,7H2.